The van der Waals surface area contributed by atoms with E-state index in [9.17, 15) is 9.59 Å². The molecule has 0 saturated heterocycles. The van der Waals surface area contributed by atoms with Crippen molar-refractivity contribution in [3.63, 3.8) is 0 Å². The molecular weight excluding hydrogens is 280 g/mol. The zero-order valence-corrected chi connectivity index (χ0v) is 12.3. The van der Waals surface area contributed by atoms with Gasteiger partial charge in [0.05, 0.1) is 25.3 Å². The van der Waals surface area contributed by atoms with E-state index in [2.05, 4.69) is 0 Å². The Balaban J connectivity index is 2.53. The highest BCUT2D eigenvalue weighted by Crippen LogP contribution is 2.31. The minimum absolute atomic E-state index is 0.432. The van der Waals surface area contributed by atoms with Gasteiger partial charge in [-0.05, 0) is 22.9 Å². The molecule has 22 heavy (non-hydrogen) atoms. The van der Waals surface area contributed by atoms with Gasteiger partial charge in [-0.15, -0.1) is 0 Å². The predicted octanol–water partition coefficient (Wildman–Crippen LogP) is 3.57. The molecular formula is C18H14O4. The van der Waals surface area contributed by atoms with Crippen molar-refractivity contribution < 1.29 is 19.1 Å². The Hall–Kier alpha value is -2.88. The second kappa shape index (κ2) is 5.48. The molecule has 0 aliphatic rings. The summed E-state index contributed by atoms with van der Waals surface area (Å²) < 4.78 is 9.73. The first kappa shape index (κ1) is 14.1. The largest absolute Gasteiger partial charge is 0.465 e. The van der Waals surface area contributed by atoms with Crippen molar-refractivity contribution in [2.45, 2.75) is 0 Å². The molecule has 4 heteroatoms. The zero-order valence-electron chi connectivity index (χ0n) is 12.3. The Morgan fingerprint density at radius 1 is 0.682 bits per heavy atom. The molecule has 0 N–H and O–H groups in total. The molecule has 0 saturated carbocycles. The molecule has 0 spiro atoms. The second-order valence-corrected chi connectivity index (χ2v) is 4.86. The van der Waals surface area contributed by atoms with Crippen molar-refractivity contribution in [3.8, 4) is 0 Å². The van der Waals surface area contributed by atoms with Crippen LogP contribution < -0.4 is 0 Å². The highest BCUT2D eigenvalue weighted by atomic mass is 16.5. The van der Waals surface area contributed by atoms with E-state index in [1.165, 1.54) is 14.2 Å². The fourth-order valence-corrected chi connectivity index (χ4v) is 2.72. The highest BCUT2D eigenvalue weighted by molar-refractivity contribution is 6.21. The summed E-state index contributed by atoms with van der Waals surface area (Å²) in [5.41, 5.74) is 0.865. The van der Waals surface area contributed by atoms with E-state index in [1.54, 1.807) is 24.3 Å². The van der Waals surface area contributed by atoms with Crippen LogP contribution in [0.3, 0.4) is 0 Å². The van der Waals surface area contributed by atoms with Crippen LogP contribution in [0.25, 0.3) is 21.5 Å². The molecule has 110 valence electrons. The molecule has 3 aromatic rings. The summed E-state index contributed by atoms with van der Waals surface area (Å²) in [6, 6.07) is 14.6. The number of rotatable bonds is 2. The van der Waals surface area contributed by atoms with E-state index in [1.807, 2.05) is 24.3 Å². The van der Waals surface area contributed by atoms with Crippen molar-refractivity contribution in [1.82, 2.24) is 0 Å². The minimum atomic E-state index is -0.433. The van der Waals surface area contributed by atoms with Crippen molar-refractivity contribution in [1.29, 1.82) is 0 Å². The Bertz CT molecular complexity index is 821. The van der Waals surface area contributed by atoms with Crippen LogP contribution in [-0.4, -0.2) is 26.2 Å². The van der Waals surface area contributed by atoms with Gasteiger partial charge in [-0.25, -0.2) is 9.59 Å². The Morgan fingerprint density at radius 2 is 1.09 bits per heavy atom. The summed E-state index contributed by atoms with van der Waals surface area (Å²) in [5.74, 6) is -0.865. The van der Waals surface area contributed by atoms with Crippen LogP contribution in [0, 0.1) is 0 Å². The first-order chi connectivity index (χ1) is 10.7. The van der Waals surface area contributed by atoms with Crippen LogP contribution in [0.2, 0.25) is 0 Å². The summed E-state index contributed by atoms with van der Waals surface area (Å²) in [6.45, 7) is 0. The molecule has 0 amide bonds. The molecule has 0 heterocycles. The smallest absolute Gasteiger partial charge is 0.338 e. The number of fused-ring (bicyclic) bond motifs is 3. The predicted molar refractivity (Wildman–Crippen MR) is 84.1 cm³/mol. The summed E-state index contributed by atoms with van der Waals surface area (Å²) in [4.78, 5) is 24.2. The highest BCUT2D eigenvalue weighted by Gasteiger charge is 2.17. The monoisotopic (exact) mass is 294 g/mol. The standard InChI is InChI=1S/C18H14O4/c1-21-17(19)13-7-3-5-11-9-10-12-6-4-8-14(18(20)22-2)16(12)15(11)13/h3-10H,1-2H3. The lowest BCUT2D eigenvalue weighted by molar-refractivity contribution is 0.0592. The maximum absolute atomic E-state index is 12.1. The second-order valence-electron chi connectivity index (χ2n) is 4.86. The molecule has 0 unspecified atom stereocenters. The molecule has 0 fully saturated rings. The molecule has 4 nitrogen and oxygen atoms in total. The first-order valence-electron chi connectivity index (χ1n) is 6.78. The van der Waals surface area contributed by atoms with E-state index >= 15 is 0 Å². The van der Waals surface area contributed by atoms with Gasteiger partial charge in [-0.3, -0.25) is 0 Å². The van der Waals surface area contributed by atoms with Gasteiger partial charge in [0.2, 0.25) is 0 Å². The lowest BCUT2D eigenvalue weighted by atomic mass is 9.94. The molecule has 0 aliphatic carbocycles. The van der Waals surface area contributed by atoms with Crippen LogP contribution in [0.5, 0.6) is 0 Å². The quantitative estimate of drug-likeness (QED) is 0.535. The number of benzene rings is 3. The number of ether oxygens (including phenoxy) is 2. The zero-order chi connectivity index (χ0) is 15.7. The number of carbonyl (C=O) groups excluding carboxylic acids is 2. The van der Waals surface area contributed by atoms with Gasteiger partial charge in [0.25, 0.3) is 0 Å². The topological polar surface area (TPSA) is 52.6 Å². The van der Waals surface area contributed by atoms with Crippen molar-refractivity contribution in [3.05, 3.63) is 59.7 Å². The number of methoxy groups -OCH3 is 2. The van der Waals surface area contributed by atoms with Gasteiger partial charge < -0.3 is 9.47 Å². The maximum Gasteiger partial charge on any atom is 0.338 e. The number of esters is 2. The van der Waals surface area contributed by atoms with E-state index in [-0.39, 0.29) is 0 Å². The molecule has 0 bridgehead atoms. The fourth-order valence-electron chi connectivity index (χ4n) is 2.72. The Kier molecular flexibility index (Phi) is 3.51. The summed E-state index contributed by atoms with van der Waals surface area (Å²) in [6.07, 6.45) is 0. The summed E-state index contributed by atoms with van der Waals surface area (Å²) in [7, 11) is 2.68. The third-order valence-corrected chi connectivity index (χ3v) is 3.70. The van der Waals surface area contributed by atoms with Crippen molar-refractivity contribution in [2.75, 3.05) is 14.2 Å². The number of hydrogen-bond acceptors (Lipinski definition) is 4. The molecule has 0 aliphatic heterocycles. The van der Waals surface area contributed by atoms with Gasteiger partial charge in [0.15, 0.2) is 0 Å². The van der Waals surface area contributed by atoms with Gasteiger partial charge in [0.1, 0.15) is 0 Å². The van der Waals surface area contributed by atoms with Crippen LogP contribution in [0.1, 0.15) is 20.7 Å². The van der Waals surface area contributed by atoms with Gasteiger partial charge in [-0.2, -0.15) is 0 Å². The van der Waals surface area contributed by atoms with Crippen LogP contribution in [-0.2, 0) is 9.47 Å². The van der Waals surface area contributed by atoms with Gasteiger partial charge >= 0.3 is 11.9 Å². The average Bonchev–Trinajstić information content (AvgIpc) is 2.58. The van der Waals surface area contributed by atoms with E-state index in [0.717, 1.165) is 10.8 Å². The maximum atomic E-state index is 12.1. The van der Waals surface area contributed by atoms with E-state index in [4.69, 9.17) is 9.47 Å². The summed E-state index contributed by atoms with van der Waals surface area (Å²) in [5, 5.41) is 3.14. The Labute approximate surface area is 127 Å². The SMILES string of the molecule is COC(=O)c1cccc2ccc3cccc(C(=O)OC)c3c12. The molecule has 0 radical (unpaired) electrons. The lowest BCUT2D eigenvalue weighted by Crippen LogP contribution is -2.05. The summed E-state index contributed by atoms with van der Waals surface area (Å²) >= 11 is 0. The first-order valence-corrected chi connectivity index (χ1v) is 6.78. The number of hydrogen-bond donors (Lipinski definition) is 0. The van der Waals surface area contributed by atoms with Crippen LogP contribution in [0.15, 0.2) is 48.5 Å². The lowest BCUT2D eigenvalue weighted by Gasteiger charge is -2.11. The average molecular weight is 294 g/mol. The van der Waals surface area contributed by atoms with Crippen molar-refractivity contribution in [2.24, 2.45) is 0 Å². The van der Waals surface area contributed by atoms with E-state index < -0.39 is 11.9 Å². The Morgan fingerprint density at radius 3 is 1.45 bits per heavy atom. The fraction of sp³-hybridized carbons (Fsp3) is 0.111. The normalized spacial score (nSPS) is 10.6. The third kappa shape index (κ3) is 2.09. The van der Waals surface area contributed by atoms with Gasteiger partial charge in [0, 0.05) is 10.8 Å². The van der Waals surface area contributed by atoms with Crippen LogP contribution >= 0.6 is 0 Å². The van der Waals surface area contributed by atoms with Gasteiger partial charge in [-0.1, -0.05) is 36.4 Å². The molecule has 0 atom stereocenters. The van der Waals surface area contributed by atoms with E-state index in [0.29, 0.717) is 21.9 Å². The number of carbonyl (C=O) groups is 2. The third-order valence-electron chi connectivity index (χ3n) is 3.70. The molecule has 0 aromatic heterocycles. The van der Waals surface area contributed by atoms with Crippen LogP contribution in [0.4, 0.5) is 0 Å². The molecule has 3 rings (SSSR count). The molecule has 3 aromatic carbocycles. The van der Waals surface area contributed by atoms with Crippen molar-refractivity contribution >= 4 is 33.5 Å². The minimum Gasteiger partial charge on any atom is -0.465 e.